The number of piperidine rings is 1. The van der Waals surface area contributed by atoms with Gasteiger partial charge in [-0.05, 0) is 78.2 Å². The number of fused-ring (bicyclic) bond motifs is 1. The van der Waals surface area contributed by atoms with Gasteiger partial charge in [-0.3, -0.25) is 4.90 Å². The molecule has 0 aliphatic carbocycles. The van der Waals surface area contributed by atoms with E-state index in [0.717, 1.165) is 42.8 Å². The van der Waals surface area contributed by atoms with Gasteiger partial charge in [-0.2, -0.15) is 0 Å². The molecule has 0 saturated carbocycles. The van der Waals surface area contributed by atoms with Gasteiger partial charge in [0.2, 0.25) is 0 Å². The van der Waals surface area contributed by atoms with E-state index in [-0.39, 0.29) is 11.6 Å². The van der Waals surface area contributed by atoms with Crippen LogP contribution in [-0.2, 0) is 5.92 Å². The molecule has 2 aliphatic rings. The number of hydrogen-bond acceptors (Lipinski definition) is 7. The molecule has 3 aromatic rings. The molecular formula is C31H42ClF2N7. The van der Waals surface area contributed by atoms with E-state index in [1.807, 2.05) is 19.1 Å². The highest BCUT2D eigenvalue weighted by atomic mass is 35.5. The van der Waals surface area contributed by atoms with Crippen LogP contribution in [0.4, 0.5) is 20.3 Å². The standard InChI is InChI=1S/C31H42ClF2N7/c1-20(2)39-11-9-24(10-12-39)31(33,34)25-8-6-7-23(17-25)22(5)37-29-26-18-27(28(32)38-30(26)36-19-35-29)41-15-13-40(14-16-41)21(3)4/h6-8,17-22,24H,9-16H2,1-5H3,(H,35,36,37,38)/t22-/m1/s1. The zero-order valence-corrected chi connectivity index (χ0v) is 25.5. The molecule has 1 aromatic carbocycles. The highest BCUT2D eigenvalue weighted by Gasteiger charge is 2.43. The zero-order valence-electron chi connectivity index (χ0n) is 24.7. The first-order valence-electron chi connectivity index (χ1n) is 14.8. The minimum absolute atomic E-state index is 0.0791. The zero-order chi connectivity index (χ0) is 29.3. The van der Waals surface area contributed by atoms with E-state index in [4.69, 9.17) is 11.6 Å². The first-order chi connectivity index (χ1) is 19.5. The molecule has 2 fully saturated rings. The molecule has 7 nitrogen and oxygen atoms in total. The Hall–Kier alpha value is -2.62. The molecule has 0 radical (unpaired) electrons. The van der Waals surface area contributed by atoms with Crippen LogP contribution in [0.1, 0.15) is 64.6 Å². The van der Waals surface area contributed by atoms with Gasteiger partial charge in [-0.25, -0.2) is 23.7 Å². The summed E-state index contributed by atoms with van der Waals surface area (Å²) in [6, 6.07) is 9.44. The Bertz CT molecular complexity index is 1340. The maximum absolute atomic E-state index is 15.7. The summed E-state index contributed by atoms with van der Waals surface area (Å²) < 4.78 is 31.4. The van der Waals surface area contributed by atoms with Crippen LogP contribution in [0.25, 0.3) is 11.0 Å². The molecule has 2 aliphatic heterocycles. The topological polar surface area (TPSA) is 60.4 Å². The van der Waals surface area contributed by atoms with Crippen molar-refractivity contribution >= 4 is 34.1 Å². The van der Waals surface area contributed by atoms with Gasteiger partial charge in [0.15, 0.2) is 10.8 Å². The summed E-state index contributed by atoms with van der Waals surface area (Å²) in [4.78, 5) is 20.4. The summed E-state index contributed by atoms with van der Waals surface area (Å²) in [5.74, 6) is -2.93. The number of likely N-dealkylation sites (tertiary alicyclic amines) is 1. The molecular weight excluding hydrogens is 544 g/mol. The van der Waals surface area contributed by atoms with Crippen LogP contribution in [0.5, 0.6) is 0 Å². The summed E-state index contributed by atoms with van der Waals surface area (Å²) in [6.07, 6.45) is 2.46. The van der Waals surface area contributed by atoms with Gasteiger partial charge in [-0.15, -0.1) is 0 Å². The number of halogens is 3. The van der Waals surface area contributed by atoms with Crippen LogP contribution in [0.2, 0.25) is 5.15 Å². The van der Waals surface area contributed by atoms with Crippen molar-refractivity contribution in [3.63, 3.8) is 0 Å². The second-order valence-electron chi connectivity index (χ2n) is 12.0. The predicted octanol–water partition coefficient (Wildman–Crippen LogP) is 6.59. The second kappa shape index (κ2) is 12.3. The van der Waals surface area contributed by atoms with Crippen molar-refractivity contribution in [3.8, 4) is 0 Å². The summed E-state index contributed by atoms with van der Waals surface area (Å²) in [6.45, 7) is 15.7. The number of rotatable bonds is 8. The van der Waals surface area contributed by atoms with Crippen molar-refractivity contribution in [1.82, 2.24) is 24.8 Å². The largest absolute Gasteiger partial charge is 0.366 e. The fraction of sp³-hybridized carbons (Fsp3) is 0.581. The number of nitrogens with one attached hydrogen (secondary N) is 1. The molecule has 1 N–H and O–H groups in total. The number of alkyl halides is 2. The van der Waals surface area contributed by atoms with E-state index in [9.17, 15) is 0 Å². The molecule has 2 aromatic heterocycles. The monoisotopic (exact) mass is 585 g/mol. The minimum atomic E-state index is -2.88. The first kappa shape index (κ1) is 29.9. The van der Waals surface area contributed by atoms with Gasteiger partial charge in [0.25, 0.3) is 5.92 Å². The number of pyridine rings is 1. The van der Waals surface area contributed by atoms with Crippen LogP contribution < -0.4 is 10.2 Å². The number of benzene rings is 1. The van der Waals surface area contributed by atoms with E-state index < -0.39 is 11.8 Å². The van der Waals surface area contributed by atoms with Crippen molar-refractivity contribution in [2.75, 3.05) is 49.5 Å². The van der Waals surface area contributed by atoms with Crippen molar-refractivity contribution < 1.29 is 8.78 Å². The van der Waals surface area contributed by atoms with Crippen LogP contribution in [0, 0.1) is 5.92 Å². The van der Waals surface area contributed by atoms with E-state index in [2.05, 4.69) is 62.7 Å². The Kier molecular flexibility index (Phi) is 8.97. The van der Waals surface area contributed by atoms with Gasteiger partial charge in [0.05, 0.1) is 11.1 Å². The minimum Gasteiger partial charge on any atom is -0.366 e. The summed E-state index contributed by atoms with van der Waals surface area (Å²) >= 11 is 6.62. The summed E-state index contributed by atoms with van der Waals surface area (Å²) in [5, 5.41) is 4.61. The molecule has 2 saturated heterocycles. The van der Waals surface area contributed by atoms with Gasteiger partial charge in [-0.1, -0.05) is 29.8 Å². The number of nitrogens with zero attached hydrogens (tertiary/aromatic N) is 6. The SMILES string of the molecule is CC(C)N1CCC(C(F)(F)c2cccc([C@@H](C)Nc3ncnc4nc(Cl)c(N5CCN(C(C)C)CC5)cc34)c2)CC1. The Balaban J connectivity index is 1.35. The lowest BCUT2D eigenvalue weighted by molar-refractivity contribution is -0.0876. The Morgan fingerprint density at radius 2 is 1.56 bits per heavy atom. The van der Waals surface area contributed by atoms with Crippen molar-refractivity contribution in [1.29, 1.82) is 0 Å². The molecule has 0 unspecified atom stereocenters. The molecule has 222 valence electrons. The van der Waals surface area contributed by atoms with Crippen molar-refractivity contribution in [3.05, 3.63) is 52.9 Å². The molecule has 0 bridgehead atoms. The third kappa shape index (κ3) is 6.42. The van der Waals surface area contributed by atoms with Crippen molar-refractivity contribution in [2.24, 2.45) is 5.92 Å². The lowest BCUT2D eigenvalue weighted by atomic mass is 9.85. The fourth-order valence-electron chi connectivity index (χ4n) is 6.09. The third-order valence-electron chi connectivity index (χ3n) is 8.84. The van der Waals surface area contributed by atoms with E-state index in [0.29, 0.717) is 54.6 Å². The number of piperazine rings is 1. The summed E-state index contributed by atoms with van der Waals surface area (Å²) in [7, 11) is 0. The lowest BCUT2D eigenvalue weighted by Gasteiger charge is -2.38. The quantitative estimate of drug-likeness (QED) is 0.299. The summed E-state index contributed by atoms with van der Waals surface area (Å²) in [5.41, 5.74) is 2.21. The second-order valence-corrected chi connectivity index (χ2v) is 12.4. The smallest absolute Gasteiger partial charge is 0.276 e. The van der Waals surface area contributed by atoms with Crippen LogP contribution in [0.3, 0.4) is 0 Å². The van der Waals surface area contributed by atoms with Gasteiger partial charge in [0, 0.05) is 55.8 Å². The van der Waals surface area contributed by atoms with E-state index in [1.54, 1.807) is 18.2 Å². The molecule has 1 atom stereocenters. The van der Waals surface area contributed by atoms with E-state index in [1.165, 1.54) is 6.33 Å². The molecule has 0 amide bonds. The van der Waals surface area contributed by atoms with Gasteiger partial charge < -0.3 is 15.1 Å². The van der Waals surface area contributed by atoms with Gasteiger partial charge in [0.1, 0.15) is 12.1 Å². The highest BCUT2D eigenvalue weighted by Crippen LogP contribution is 2.42. The molecule has 0 spiro atoms. The predicted molar refractivity (Wildman–Crippen MR) is 163 cm³/mol. The first-order valence-corrected chi connectivity index (χ1v) is 15.2. The maximum atomic E-state index is 15.7. The lowest BCUT2D eigenvalue weighted by Crippen LogP contribution is -2.49. The Morgan fingerprint density at radius 3 is 2.22 bits per heavy atom. The highest BCUT2D eigenvalue weighted by molar-refractivity contribution is 6.32. The number of anilines is 2. The van der Waals surface area contributed by atoms with Crippen molar-refractivity contribution in [2.45, 2.75) is 71.5 Å². The van der Waals surface area contributed by atoms with Crippen LogP contribution >= 0.6 is 11.6 Å². The third-order valence-corrected chi connectivity index (χ3v) is 9.12. The molecule has 41 heavy (non-hydrogen) atoms. The van der Waals surface area contributed by atoms with Crippen LogP contribution in [0.15, 0.2) is 36.7 Å². The number of aromatic nitrogens is 3. The number of hydrogen-bond donors (Lipinski definition) is 1. The van der Waals surface area contributed by atoms with Gasteiger partial charge >= 0.3 is 0 Å². The van der Waals surface area contributed by atoms with Crippen LogP contribution in [-0.4, -0.2) is 76.1 Å². The molecule has 4 heterocycles. The average molecular weight is 586 g/mol. The molecule has 5 rings (SSSR count). The maximum Gasteiger partial charge on any atom is 0.276 e. The fourth-order valence-corrected chi connectivity index (χ4v) is 6.34. The Labute approximate surface area is 247 Å². The normalized spacial score (nSPS) is 18.9. The molecule has 10 heteroatoms. The van der Waals surface area contributed by atoms with E-state index >= 15 is 8.78 Å². The average Bonchev–Trinajstić information content (AvgIpc) is 2.97. The Morgan fingerprint density at radius 1 is 0.902 bits per heavy atom.